The summed E-state index contributed by atoms with van der Waals surface area (Å²) >= 11 is 3.35. The van der Waals surface area contributed by atoms with Crippen LogP contribution in [0.3, 0.4) is 0 Å². The molecule has 1 heterocycles. The van der Waals surface area contributed by atoms with E-state index < -0.39 is 0 Å². The first-order valence-electron chi connectivity index (χ1n) is 6.96. The Morgan fingerprint density at radius 3 is 3.05 bits per heavy atom. The lowest BCUT2D eigenvalue weighted by molar-refractivity contribution is 0.176. The van der Waals surface area contributed by atoms with Crippen molar-refractivity contribution >= 4 is 15.9 Å². The highest BCUT2D eigenvalue weighted by molar-refractivity contribution is 9.10. The first-order chi connectivity index (χ1) is 9.22. The molecule has 2 unspecified atom stereocenters. The summed E-state index contributed by atoms with van der Waals surface area (Å²) in [5.41, 5.74) is 1.03. The highest BCUT2D eigenvalue weighted by Gasteiger charge is 2.26. The van der Waals surface area contributed by atoms with E-state index >= 15 is 0 Å². The van der Waals surface area contributed by atoms with Crippen molar-refractivity contribution in [3.05, 3.63) is 34.1 Å². The molecule has 4 heteroatoms. The van der Waals surface area contributed by atoms with Gasteiger partial charge in [-0.3, -0.25) is 0 Å². The Labute approximate surface area is 122 Å². The maximum atomic E-state index is 13.6. The van der Waals surface area contributed by atoms with Gasteiger partial charge in [-0.25, -0.2) is 4.39 Å². The van der Waals surface area contributed by atoms with Gasteiger partial charge in [-0.15, -0.1) is 0 Å². The second-order valence-corrected chi connectivity index (χ2v) is 5.89. The van der Waals surface area contributed by atoms with E-state index in [-0.39, 0.29) is 5.82 Å². The van der Waals surface area contributed by atoms with Crippen LogP contribution in [0, 0.1) is 11.7 Å². The minimum Gasteiger partial charge on any atom is -0.381 e. The Morgan fingerprint density at radius 1 is 1.53 bits per heavy atom. The van der Waals surface area contributed by atoms with E-state index in [2.05, 4.69) is 28.2 Å². The normalized spacial score (nSPS) is 20.7. The molecule has 1 aliphatic heterocycles. The lowest BCUT2D eigenvalue weighted by Crippen LogP contribution is -2.39. The van der Waals surface area contributed by atoms with Gasteiger partial charge in [0.15, 0.2) is 0 Å². The lowest BCUT2D eigenvalue weighted by Gasteiger charge is -2.24. The molecule has 2 atom stereocenters. The van der Waals surface area contributed by atoms with Crippen LogP contribution in [0.2, 0.25) is 0 Å². The highest BCUT2D eigenvalue weighted by Crippen LogP contribution is 2.25. The minimum absolute atomic E-state index is 0.186. The molecule has 0 aliphatic carbocycles. The van der Waals surface area contributed by atoms with Crippen LogP contribution in [0.5, 0.6) is 0 Å². The zero-order valence-corrected chi connectivity index (χ0v) is 12.9. The summed E-state index contributed by atoms with van der Waals surface area (Å²) in [6, 6.07) is 5.61. The van der Waals surface area contributed by atoms with Gasteiger partial charge in [0.1, 0.15) is 5.82 Å². The van der Waals surface area contributed by atoms with Crippen molar-refractivity contribution in [1.29, 1.82) is 0 Å². The van der Waals surface area contributed by atoms with Crippen LogP contribution < -0.4 is 5.32 Å². The molecule has 0 aromatic heterocycles. The molecular formula is C15H21BrFNO. The van der Waals surface area contributed by atoms with Gasteiger partial charge in [0, 0.05) is 18.6 Å². The standard InChI is InChI=1S/C15H21BrFNO/c1-2-7-18-14(12-6-8-19-10-12)9-11-4-3-5-13(17)15(11)16/h3-5,12,14,18H,2,6-10H2,1H3. The number of rotatable bonds is 6. The molecular weight excluding hydrogens is 309 g/mol. The Kier molecular flexibility index (Phi) is 5.79. The molecule has 2 rings (SSSR count). The van der Waals surface area contributed by atoms with Crippen LogP contribution in [0.15, 0.2) is 22.7 Å². The SMILES string of the molecule is CCCNC(Cc1cccc(F)c1Br)C1CCOC1. The fourth-order valence-electron chi connectivity index (χ4n) is 2.55. The molecule has 0 spiro atoms. The van der Waals surface area contributed by atoms with E-state index in [1.54, 1.807) is 6.07 Å². The van der Waals surface area contributed by atoms with Crippen molar-refractivity contribution in [1.82, 2.24) is 5.32 Å². The number of benzene rings is 1. The van der Waals surface area contributed by atoms with Gasteiger partial charge in [0.2, 0.25) is 0 Å². The molecule has 0 bridgehead atoms. The summed E-state index contributed by atoms with van der Waals surface area (Å²) in [4.78, 5) is 0. The number of nitrogens with one attached hydrogen (secondary N) is 1. The maximum absolute atomic E-state index is 13.6. The van der Waals surface area contributed by atoms with Gasteiger partial charge >= 0.3 is 0 Å². The van der Waals surface area contributed by atoms with Crippen LogP contribution in [-0.2, 0) is 11.2 Å². The van der Waals surface area contributed by atoms with Gasteiger partial charge in [-0.2, -0.15) is 0 Å². The molecule has 1 saturated heterocycles. The summed E-state index contributed by atoms with van der Waals surface area (Å²) in [6.45, 7) is 4.81. The zero-order valence-electron chi connectivity index (χ0n) is 11.3. The van der Waals surface area contributed by atoms with Gasteiger partial charge in [-0.05, 0) is 53.4 Å². The highest BCUT2D eigenvalue weighted by atomic mass is 79.9. The molecule has 1 N–H and O–H groups in total. The monoisotopic (exact) mass is 329 g/mol. The average molecular weight is 330 g/mol. The topological polar surface area (TPSA) is 21.3 Å². The van der Waals surface area contributed by atoms with Crippen LogP contribution in [0.25, 0.3) is 0 Å². The summed E-state index contributed by atoms with van der Waals surface area (Å²) in [5, 5.41) is 3.58. The predicted molar refractivity (Wildman–Crippen MR) is 78.8 cm³/mol. The molecule has 1 aromatic rings. The van der Waals surface area contributed by atoms with E-state index in [9.17, 15) is 4.39 Å². The molecule has 106 valence electrons. The van der Waals surface area contributed by atoms with Gasteiger partial charge < -0.3 is 10.1 Å². The van der Waals surface area contributed by atoms with Crippen molar-refractivity contribution in [3.63, 3.8) is 0 Å². The summed E-state index contributed by atoms with van der Waals surface area (Å²) in [5.74, 6) is 0.344. The molecule has 1 aromatic carbocycles. The van der Waals surface area contributed by atoms with E-state index in [1.807, 2.05) is 6.07 Å². The van der Waals surface area contributed by atoms with Crippen molar-refractivity contribution in [3.8, 4) is 0 Å². The molecule has 0 radical (unpaired) electrons. The second kappa shape index (κ2) is 7.36. The number of hydrogen-bond acceptors (Lipinski definition) is 2. The zero-order chi connectivity index (χ0) is 13.7. The molecule has 0 saturated carbocycles. The van der Waals surface area contributed by atoms with Gasteiger partial charge in [0.05, 0.1) is 11.1 Å². The quantitative estimate of drug-likeness (QED) is 0.861. The summed E-state index contributed by atoms with van der Waals surface area (Å²) < 4.78 is 19.6. The Balaban J connectivity index is 2.07. The number of hydrogen-bond donors (Lipinski definition) is 1. The minimum atomic E-state index is -0.186. The smallest absolute Gasteiger partial charge is 0.137 e. The van der Waals surface area contributed by atoms with Crippen molar-refractivity contribution in [2.24, 2.45) is 5.92 Å². The van der Waals surface area contributed by atoms with Gasteiger partial charge in [-0.1, -0.05) is 19.1 Å². The Bertz CT molecular complexity index is 407. The molecule has 0 amide bonds. The van der Waals surface area contributed by atoms with Crippen LogP contribution in [0.4, 0.5) is 4.39 Å². The number of halogens is 2. The molecule has 1 fully saturated rings. The average Bonchev–Trinajstić information content (AvgIpc) is 2.93. The summed E-state index contributed by atoms with van der Waals surface area (Å²) in [7, 11) is 0. The fourth-order valence-corrected chi connectivity index (χ4v) is 2.97. The van der Waals surface area contributed by atoms with E-state index in [1.165, 1.54) is 6.07 Å². The van der Waals surface area contributed by atoms with Crippen LogP contribution >= 0.6 is 15.9 Å². The predicted octanol–water partition coefficient (Wildman–Crippen LogP) is 3.54. The van der Waals surface area contributed by atoms with Crippen LogP contribution in [-0.4, -0.2) is 25.8 Å². The second-order valence-electron chi connectivity index (χ2n) is 5.10. The van der Waals surface area contributed by atoms with E-state index in [0.717, 1.165) is 44.6 Å². The van der Waals surface area contributed by atoms with E-state index in [0.29, 0.717) is 16.4 Å². The van der Waals surface area contributed by atoms with Crippen LogP contribution in [0.1, 0.15) is 25.3 Å². The van der Waals surface area contributed by atoms with Crippen molar-refractivity contribution in [2.75, 3.05) is 19.8 Å². The number of ether oxygens (including phenoxy) is 1. The Hall–Kier alpha value is -0.450. The Morgan fingerprint density at radius 2 is 2.37 bits per heavy atom. The third-order valence-electron chi connectivity index (χ3n) is 3.66. The molecule has 19 heavy (non-hydrogen) atoms. The largest absolute Gasteiger partial charge is 0.381 e. The van der Waals surface area contributed by atoms with Crippen molar-refractivity contribution in [2.45, 2.75) is 32.2 Å². The van der Waals surface area contributed by atoms with Crippen molar-refractivity contribution < 1.29 is 9.13 Å². The first kappa shape index (κ1) is 14.9. The van der Waals surface area contributed by atoms with E-state index in [4.69, 9.17) is 4.74 Å². The summed E-state index contributed by atoms with van der Waals surface area (Å²) in [6.07, 6.45) is 3.04. The van der Waals surface area contributed by atoms with Gasteiger partial charge in [0.25, 0.3) is 0 Å². The molecule has 1 aliphatic rings. The first-order valence-corrected chi connectivity index (χ1v) is 7.75. The molecule has 2 nitrogen and oxygen atoms in total. The maximum Gasteiger partial charge on any atom is 0.137 e. The fraction of sp³-hybridized carbons (Fsp3) is 0.600. The third kappa shape index (κ3) is 4.01. The lowest BCUT2D eigenvalue weighted by atomic mass is 9.92. The third-order valence-corrected chi connectivity index (χ3v) is 4.55.